The smallest absolute Gasteiger partial charge is 0.254 e. The summed E-state index contributed by atoms with van der Waals surface area (Å²) in [5.41, 5.74) is 3.02. The Hall–Kier alpha value is -1.94. The molecule has 2 heterocycles. The SMILES string of the molecule is CN(Cc1ccco1)C(=O)c1cccc2c1CCCN2.Cl. The molecule has 0 radical (unpaired) electrons. The van der Waals surface area contributed by atoms with Crippen LogP contribution in [0.15, 0.2) is 41.0 Å². The average molecular weight is 307 g/mol. The van der Waals surface area contributed by atoms with Gasteiger partial charge in [-0.1, -0.05) is 6.07 Å². The van der Waals surface area contributed by atoms with E-state index in [2.05, 4.69) is 5.32 Å². The van der Waals surface area contributed by atoms with Crippen LogP contribution in [0.5, 0.6) is 0 Å². The lowest BCUT2D eigenvalue weighted by molar-refractivity contribution is 0.0774. The number of furan rings is 1. The molecule has 1 aromatic heterocycles. The van der Waals surface area contributed by atoms with Gasteiger partial charge in [0, 0.05) is 24.8 Å². The molecule has 112 valence electrons. The number of carbonyl (C=O) groups is 1. The van der Waals surface area contributed by atoms with Crippen LogP contribution in [-0.2, 0) is 13.0 Å². The summed E-state index contributed by atoms with van der Waals surface area (Å²) in [6.45, 7) is 1.47. The van der Waals surface area contributed by atoms with Crippen molar-refractivity contribution in [3.8, 4) is 0 Å². The van der Waals surface area contributed by atoms with Crippen molar-refractivity contribution in [3.05, 3.63) is 53.5 Å². The summed E-state index contributed by atoms with van der Waals surface area (Å²) in [6.07, 6.45) is 3.65. The van der Waals surface area contributed by atoms with Crippen molar-refractivity contribution in [3.63, 3.8) is 0 Å². The zero-order valence-electron chi connectivity index (χ0n) is 12.0. The van der Waals surface area contributed by atoms with Gasteiger partial charge in [0.25, 0.3) is 5.91 Å². The van der Waals surface area contributed by atoms with Crippen molar-refractivity contribution in [2.24, 2.45) is 0 Å². The number of fused-ring (bicyclic) bond motifs is 1. The van der Waals surface area contributed by atoms with Crippen LogP contribution < -0.4 is 5.32 Å². The van der Waals surface area contributed by atoms with Crippen molar-refractivity contribution in [2.45, 2.75) is 19.4 Å². The Kier molecular flexibility index (Phi) is 4.91. The van der Waals surface area contributed by atoms with Crippen LogP contribution in [0.4, 0.5) is 5.69 Å². The first-order valence-electron chi connectivity index (χ1n) is 6.89. The number of nitrogens with one attached hydrogen (secondary N) is 1. The Labute approximate surface area is 130 Å². The zero-order chi connectivity index (χ0) is 13.9. The lowest BCUT2D eigenvalue weighted by atomic mass is 9.97. The highest BCUT2D eigenvalue weighted by molar-refractivity contribution is 5.97. The first-order chi connectivity index (χ1) is 9.75. The van der Waals surface area contributed by atoms with E-state index >= 15 is 0 Å². The summed E-state index contributed by atoms with van der Waals surface area (Å²) in [5.74, 6) is 0.839. The molecule has 3 rings (SSSR count). The van der Waals surface area contributed by atoms with Gasteiger partial charge >= 0.3 is 0 Å². The maximum absolute atomic E-state index is 12.6. The number of hydrogen-bond donors (Lipinski definition) is 1. The Balaban J connectivity index is 0.00000161. The van der Waals surface area contributed by atoms with E-state index in [4.69, 9.17) is 4.42 Å². The molecule has 21 heavy (non-hydrogen) atoms. The number of amides is 1. The topological polar surface area (TPSA) is 45.5 Å². The summed E-state index contributed by atoms with van der Waals surface area (Å²) < 4.78 is 5.30. The van der Waals surface area contributed by atoms with Crippen LogP contribution in [0.3, 0.4) is 0 Å². The minimum absolute atomic E-state index is 0. The van der Waals surface area contributed by atoms with Crippen molar-refractivity contribution < 1.29 is 9.21 Å². The normalized spacial score (nSPS) is 12.8. The van der Waals surface area contributed by atoms with E-state index in [1.807, 2.05) is 30.3 Å². The molecule has 1 aliphatic heterocycles. The Morgan fingerprint density at radius 3 is 2.95 bits per heavy atom. The number of benzene rings is 1. The van der Waals surface area contributed by atoms with Crippen LogP contribution in [0.25, 0.3) is 0 Å². The third kappa shape index (κ3) is 3.22. The summed E-state index contributed by atoms with van der Waals surface area (Å²) in [4.78, 5) is 14.3. The summed E-state index contributed by atoms with van der Waals surface area (Å²) >= 11 is 0. The molecule has 0 saturated heterocycles. The molecule has 0 aliphatic carbocycles. The van der Waals surface area contributed by atoms with E-state index in [9.17, 15) is 4.79 Å². The number of nitrogens with zero attached hydrogens (tertiary/aromatic N) is 1. The average Bonchev–Trinajstić information content (AvgIpc) is 2.99. The Morgan fingerprint density at radius 1 is 1.33 bits per heavy atom. The maximum atomic E-state index is 12.6. The zero-order valence-corrected chi connectivity index (χ0v) is 12.8. The fraction of sp³-hybridized carbons (Fsp3) is 0.312. The molecule has 1 aliphatic rings. The highest BCUT2D eigenvalue weighted by atomic mass is 35.5. The Morgan fingerprint density at radius 2 is 2.19 bits per heavy atom. The molecule has 1 N–H and O–H groups in total. The number of halogens is 1. The van der Waals surface area contributed by atoms with Crippen LogP contribution in [0.2, 0.25) is 0 Å². The molecule has 1 amide bonds. The van der Waals surface area contributed by atoms with Gasteiger partial charge in [0.1, 0.15) is 5.76 Å². The molecule has 0 unspecified atom stereocenters. The highest BCUT2D eigenvalue weighted by Crippen LogP contribution is 2.26. The monoisotopic (exact) mass is 306 g/mol. The molecule has 0 spiro atoms. The number of anilines is 1. The predicted octanol–water partition coefficient (Wildman–Crippen LogP) is 3.33. The predicted molar refractivity (Wildman–Crippen MR) is 85.0 cm³/mol. The van der Waals surface area contributed by atoms with Gasteiger partial charge in [-0.15, -0.1) is 12.4 Å². The lowest BCUT2D eigenvalue weighted by Crippen LogP contribution is -2.28. The van der Waals surface area contributed by atoms with E-state index in [1.165, 1.54) is 0 Å². The Bertz CT molecular complexity index is 611. The second-order valence-corrected chi connectivity index (χ2v) is 5.10. The minimum atomic E-state index is 0. The van der Waals surface area contributed by atoms with E-state index in [1.54, 1.807) is 18.2 Å². The van der Waals surface area contributed by atoms with Gasteiger partial charge in [-0.25, -0.2) is 0 Å². The summed E-state index contributed by atoms with van der Waals surface area (Å²) in [7, 11) is 1.81. The molecule has 4 nitrogen and oxygen atoms in total. The van der Waals surface area contributed by atoms with Crippen LogP contribution >= 0.6 is 12.4 Å². The van der Waals surface area contributed by atoms with Crippen molar-refractivity contribution in [2.75, 3.05) is 18.9 Å². The summed E-state index contributed by atoms with van der Waals surface area (Å²) in [5, 5.41) is 3.35. The van der Waals surface area contributed by atoms with E-state index in [-0.39, 0.29) is 18.3 Å². The quantitative estimate of drug-likeness (QED) is 0.946. The van der Waals surface area contributed by atoms with Gasteiger partial charge in [0.2, 0.25) is 0 Å². The number of rotatable bonds is 3. The van der Waals surface area contributed by atoms with Gasteiger partial charge in [-0.3, -0.25) is 4.79 Å². The molecule has 2 aromatic rings. The van der Waals surface area contributed by atoms with E-state index in [0.717, 1.165) is 42.0 Å². The van der Waals surface area contributed by atoms with Gasteiger partial charge in [0.05, 0.1) is 12.8 Å². The highest BCUT2D eigenvalue weighted by Gasteiger charge is 2.20. The molecular weight excluding hydrogens is 288 g/mol. The third-order valence-corrected chi connectivity index (χ3v) is 3.65. The first kappa shape index (κ1) is 15.4. The molecule has 5 heteroatoms. The lowest BCUT2D eigenvalue weighted by Gasteiger charge is -2.23. The van der Waals surface area contributed by atoms with Crippen LogP contribution in [0.1, 0.15) is 28.1 Å². The molecule has 0 fully saturated rings. The fourth-order valence-electron chi connectivity index (χ4n) is 2.62. The van der Waals surface area contributed by atoms with Gasteiger partial charge < -0.3 is 14.6 Å². The minimum Gasteiger partial charge on any atom is -0.467 e. The molecule has 0 bridgehead atoms. The number of hydrogen-bond acceptors (Lipinski definition) is 3. The third-order valence-electron chi connectivity index (χ3n) is 3.65. The van der Waals surface area contributed by atoms with Gasteiger partial charge in [-0.05, 0) is 42.7 Å². The van der Waals surface area contributed by atoms with E-state index < -0.39 is 0 Å². The largest absolute Gasteiger partial charge is 0.467 e. The van der Waals surface area contributed by atoms with Gasteiger partial charge in [0.15, 0.2) is 0 Å². The summed E-state index contributed by atoms with van der Waals surface area (Å²) in [6, 6.07) is 9.60. The first-order valence-corrected chi connectivity index (χ1v) is 6.89. The molecule has 0 atom stereocenters. The van der Waals surface area contributed by atoms with Crippen molar-refractivity contribution >= 4 is 24.0 Å². The van der Waals surface area contributed by atoms with E-state index in [0.29, 0.717) is 6.54 Å². The van der Waals surface area contributed by atoms with Crippen LogP contribution in [0, 0.1) is 0 Å². The molecular formula is C16H19ClN2O2. The molecule has 0 saturated carbocycles. The van der Waals surface area contributed by atoms with Crippen molar-refractivity contribution in [1.82, 2.24) is 4.90 Å². The second-order valence-electron chi connectivity index (χ2n) is 5.10. The molecule has 1 aromatic carbocycles. The number of carbonyl (C=O) groups excluding carboxylic acids is 1. The van der Waals surface area contributed by atoms with Gasteiger partial charge in [-0.2, -0.15) is 0 Å². The fourth-order valence-corrected chi connectivity index (χ4v) is 2.62. The van der Waals surface area contributed by atoms with Crippen molar-refractivity contribution in [1.29, 1.82) is 0 Å². The maximum Gasteiger partial charge on any atom is 0.254 e. The van der Waals surface area contributed by atoms with Crippen LogP contribution in [-0.4, -0.2) is 24.4 Å². The standard InChI is InChI=1S/C16H18N2O2.ClH/c1-18(11-12-5-4-10-20-12)16(19)14-6-2-8-15-13(14)7-3-9-17-15;/h2,4-6,8,10,17H,3,7,9,11H2,1H3;1H. The second kappa shape index (κ2) is 6.68.